The van der Waals surface area contributed by atoms with Gasteiger partial charge < -0.3 is 5.73 Å². The zero-order valence-corrected chi connectivity index (χ0v) is 13.0. The summed E-state index contributed by atoms with van der Waals surface area (Å²) < 4.78 is 0. The van der Waals surface area contributed by atoms with Gasteiger partial charge in [-0.25, -0.2) is 0 Å². The Hall–Kier alpha value is -1.71. The Labute approximate surface area is 127 Å². The third-order valence-corrected chi connectivity index (χ3v) is 4.35. The second-order valence-electron chi connectivity index (χ2n) is 5.62. The first-order valence-electron chi connectivity index (χ1n) is 7.55. The fourth-order valence-corrected chi connectivity index (χ4v) is 2.78. The lowest BCUT2D eigenvalue weighted by atomic mass is 9.86. The van der Waals surface area contributed by atoms with Crippen LogP contribution in [0.4, 0.5) is 0 Å². The fraction of sp³-hybridized carbons (Fsp3) is 0.389. The summed E-state index contributed by atoms with van der Waals surface area (Å²) in [5.74, 6) is 0. The van der Waals surface area contributed by atoms with Gasteiger partial charge in [0, 0.05) is 24.8 Å². The molecule has 1 heterocycles. The Morgan fingerprint density at radius 3 is 2.38 bits per heavy atom. The maximum Gasteiger partial charge on any atom is 0.0544 e. The molecule has 3 heteroatoms. The first-order chi connectivity index (χ1) is 10.2. The number of aromatic nitrogens is 1. The molecule has 1 atom stereocenters. The van der Waals surface area contributed by atoms with E-state index in [1.807, 2.05) is 18.3 Å². The molecule has 0 saturated carbocycles. The Balaban J connectivity index is 2.16. The van der Waals surface area contributed by atoms with Crippen molar-refractivity contribution in [1.29, 1.82) is 0 Å². The van der Waals surface area contributed by atoms with E-state index >= 15 is 0 Å². The molecule has 0 aliphatic carbocycles. The third-order valence-electron chi connectivity index (χ3n) is 4.35. The summed E-state index contributed by atoms with van der Waals surface area (Å²) in [5, 5.41) is 0. The predicted octanol–water partition coefficient (Wildman–Crippen LogP) is 2.86. The van der Waals surface area contributed by atoms with Gasteiger partial charge in [-0.2, -0.15) is 0 Å². The van der Waals surface area contributed by atoms with Gasteiger partial charge in [-0.15, -0.1) is 0 Å². The van der Waals surface area contributed by atoms with E-state index in [0.717, 1.165) is 25.1 Å². The molecule has 1 aromatic carbocycles. The molecule has 112 valence electrons. The standard InChI is InChI=1S/C18H25N3/c1-3-18(15-19,13-16-9-5-4-6-10-16)21(2)14-17-11-7-8-12-20-17/h4-12H,3,13-15,19H2,1-2H3. The van der Waals surface area contributed by atoms with Crippen molar-refractivity contribution in [1.82, 2.24) is 9.88 Å². The molecule has 1 unspecified atom stereocenters. The number of nitrogens with zero attached hydrogens (tertiary/aromatic N) is 2. The smallest absolute Gasteiger partial charge is 0.0544 e. The minimum Gasteiger partial charge on any atom is -0.329 e. The molecule has 0 fully saturated rings. The normalized spacial score (nSPS) is 14.1. The van der Waals surface area contributed by atoms with Gasteiger partial charge in [0.1, 0.15) is 0 Å². The highest BCUT2D eigenvalue weighted by Gasteiger charge is 2.31. The predicted molar refractivity (Wildman–Crippen MR) is 87.9 cm³/mol. The SMILES string of the molecule is CCC(CN)(Cc1ccccc1)N(C)Cc1ccccn1. The van der Waals surface area contributed by atoms with Crippen LogP contribution in [0.2, 0.25) is 0 Å². The van der Waals surface area contributed by atoms with Gasteiger partial charge in [-0.05, 0) is 37.6 Å². The van der Waals surface area contributed by atoms with Crippen molar-refractivity contribution in [2.75, 3.05) is 13.6 Å². The van der Waals surface area contributed by atoms with E-state index in [2.05, 4.69) is 60.3 Å². The van der Waals surface area contributed by atoms with Gasteiger partial charge >= 0.3 is 0 Å². The van der Waals surface area contributed by atoms with E-state index in [-0.39, 0.29) is 5.54 Å². The molecule has 0 spiro atoms. The first-order valence-corrected chi connectivity index (χ1v) is 7.55. The van der Waals surface area contributed by atoms with Crippen LogP contribution in [0.3, 0.4) is 0 Å². The maximum absolute atomic E-state index is 6.16. The van der Waals surface area contributed by atoms with Crippen molar-refractivity contribution < 1.29 is 0 Å². The molecule has 3 nitrogen and oxygen atoms in total. The summed E-state index contributed by atoms with van der Waals surface area (Å²) >= 11 is 0. The molecule has 0 amide bonds. The van der Waals surface area contributed by atoms with Crippen molar-refractivity contribution in [3.8, 4) is 0 Å². The zero-order valence-electron chi connectivity index (χ0n) is 13.0. The van der Waals surface area contributed by atoms with E-state index < -0.39 is 0 Å². The monoisotopic (exact) mass is 283 g/mol. The summed E-state index contributed by atoms with van der Waals surface area (Å²) in [6.07, 6.45) is 3.82. The number of likely N-dealkylation sites (N-methyl/N-ethyl adjacent to an activating group) is 1. The van der Waals surface area contributed by atoms with Gasteiger partial charge in [-0.3, -0.25) is 9.88 Å². The molecule has 0 radical (unpaired) electrons. The Bertz CT molecular complexity index is 521. The minimum absolute atomic E-state index is 0.0289. The molecular weight excluding hydrogens is 258 g/mol. The lowest BCUT2D eigenvalue weighted by Gasteiger charge is -2.41. The number of pyridine rings is 1. The maximum atomic E-state index is 6.16. The van der Waals surface area contributed by atoms with E-state index in [0.29, 0.717) is 6.54 Å². The summed E-state index contributed by atoms with van der Waals surface area (Å²) in [6, 6.07) is 16.6. The van der Waals surface area contributed by atoms with Crippen LogP contribution in [-0.2, 0) is 13.0 Å². The molecule has 21 heavy (non-hydrogen) atoms. The van der Waals surface area contributed by atoms with Crippen molar-refractivity contribution in [3.63, 3.8) is 0 Å². The van der Waals surface area contributed by atoms with E-state index in [1.54, 1.807) is 0 Å². The van der Waals surface area contributed by atoms with Crippen LogP contribution < -0.4 is 5.73 Å². The van der Waals surface area contributed by atoms with Crippen LogP contribution in [0.1, 0.15) is 24.6 Å². The number of rotatable bonds is 7. The van der Waals surface area contributed by atoms with Gasteiger partial charge in [0.25, 0.3) is 0 Å². The van der Waals surface area contributed by atoms with Crippen molar-refractivity contribution >= 4 is 0 Å². The largest absolute Gasteiger partial charge is 0.329 e. The van der Waals surface area contributed by atoms with E-state index in [9.17, 15) is 0 Å². The first kappa shape index (κ1) is 15.7. The molecule has 1 aromatic heterocycles. The van der Waals surface area contributed by atoms with Gasteiger partial charge in [0.15, 0.2) is 0 Å². The van der Waals surface area contributed by atoms with Crippen LogP contribution in [0, 0.1) is 0 Å². The minimum atomic E-state index is -0.0289. The molecule has 0 aliphatic rings. The van der Waals surface area contributed by atoms with Gasteiger partial charge in [0.2, 0.25) is 0 Å². The third kappa shape index (κ3) is 3.90. The molecule has 2 N–H and O–H groups in total. The average Bonchev–Trinajstić information content (AvgIpc) is 2.54. The summed E-state index contributed by atoms with van der Waals surface area (Å²) in [6.45, 7) is 3.67. The second kappa shape index (κ2) is 7.34. The van der Waals surface area contributed by atoms with Crippen LogP contribution in [0.5, 0.6) is 0 Å². The number of nitrogens with two attached hydrogens (primary N) is 1. The van der Waals surface area contributed by atoms with Crippen molar-refractivity contribution in [3.05, 3.63) is 66.0 Å². The summed E-state index contributed by atoms with van der Waals surface area (Å²) in [7, 11) is 2.15. The van der Waals surface area contributed by atoms with Crippen molar-refractivity contribution in [2.45, 2.75) is 31.8 Å². The molecule has 2 aromatic rings. The van der Waals surface area contributed by atoms with Gasteiger partial charge in [0.05, 0.1) is 5.69 Å². The van der Waals surface area contributed by atoms with Gasteiger partial charge in [-0.1, -0.05) is 43.3 Å². The molecule has 0 saturated heterocycles. The van der Waals surface area contributed by atoms with E-state index in [4.69, 9.17) is 5.73 Å². The van der Waals surface area contributed by atoms with Crippen LogP contribution in [0.25, 0.3) is 0 Å². The average molecular weight is 283 g/mol. The molecule has 0 aliphatic heterocycles. The number of benzene rings is 1. The van der Waals surface area contributed by atoms with E-state index in [1.165, 1.54) is 5.56 Å². The molecule has 0 bridgehead atoms. The number of hydrogen-bond donors (Lipinski definition) is 1. The highest BCUT2D eigenvalue weighted by atomic mass is 15.2. The summed E-state index contributed by atoms with van der Waals surface area (Å²) in [5.41, 5.74) is 8.54. The topological polar surface area (TPSA) is 42.1 Å². The van der Waals surface area contributed by atoms with Crippen molar-refractivity contribution in [2.24, 2.45) is 5.73 Å². The Morgan fingerprint density at radius 2 is 1.81 bits per heavy atom. The van der Waals surface area contributed by atoms with Crippen LogP contribution in [0.15, 0.2) is 54.7 Å². The second-order valence-corrected chi connectivity index (χ2v) is 5.62. The molecule has 2 rings (SSSR count). The lowest BCUT2D eigenvalue weighted by Crippen LogP contribution is -2.53. The Kier molecular flexibility index (Phi) is 5.48. The zero-order chi connectivity index (χ0) is 15.1. The van der Waals surface area contributed by atoms with Crippen LogP contribution in [-0.4, -0.2) is 29.0 Å². The Morgan fingerprint density at radius 1 is 1.10 bits per heavy atom. The van der Waals surface area contributed by atoms with Crippen LogP contribution >= 0.6 is 0 Å². The molecular formula is C18H25N3. The lowest BCUT2D eigenvalue weighted by molar-refractivity contribution is 0.111. The highest BCUT2D eigenvalue weighted by Crippen LogP contribution is 2.24. The quantitative estimate of drug-likeness (QED) is 0.849. The summed E-state index contributed by atoms with van der Waals surface area (Å²) in [4.78, 5) is 6.77. The fourth-order valence-electron chi connectivity index (χ4n) is 2.78. The highest BCUT2D eigenvalue weighted by molar-refractivity contribution is 5.18. The number of hydrogen-bond acceptors (Lipinski definition) is 3.